The van der Waals surface area contributed by atoms with Gasteiger partial charge in [-0.05, 0) is 55.3 Å². The van der Waals surface area contributed by atoms with Gasteiger partial charge in [-0.3, -0.25) is 4.79 Å². The molecule has 3 aromatic carbocycles. The Bertz CT molecular complexity index is 1860. The first kappa shape index (κ1) is 22.8. The van der Waals surface area contributed by atoms with Crippen LogP contribution in [0.4, 0.5) is 0 Å². The van der Waals surface area contributed by atoms with Gasteiger partial charge in [0.15, 0.2) is 5.82 Å². The number of fused-ring (bicyclic) bond motifs is 1. The fourth-order valence-corrected chi connectivity index (χ4v) is 5.11. The highest BCUT2D eigenvalue weighted by Crippen LogP contribution is 2.28. The normalized spacial score (nSPS) is 12.2. The highest BCUT2D eigenvalue weighted by Gasteiger charge is 2.15. The van der Waals surface area contributed by atoms with Crippen LogP contribution in [-0.4, -0.2) is 24.4 Å². The molecule has 0 aliphatic heterocycles. The van der Waals surface area contributed by atoms with Gasteiger partial charge in [0.25, 0.3) is 5.56 Å². The Morgan fingerprint density at radius 3 is 2.38 bits per heavy atom. The van der Waals surface area contributed by atoms with Gasteiger partial charge in [-0.25, -0.2) is 4.68 Å². The highest BCUT2D eigenvalue weighted by atomic mass is 32.1. The maximum absolute atomic E-state index is 13.3. The van der Waals surface area contributed by atoms with E-state index in [-0.39, 0.29) is 5.56 Å². The SMILES string of the molecule is Cc1ccc(C)c(-c2nn(-c3ccccc3)cc2C=c2sc3nc(C=Cc4ccccc4)nn3c2=O)c1. The topological polar surface area (TPSA) is 65.1 Å². The number of hydrogen-bond acceptors (Lipinski definition) is 5. The van der Waals surface area contributed by atoms with Crippen LogP contribution in [0.15, 0.2) is 89.9 Å². The molecule has 0 aliphatic rings. The van der Waals surface area contributed by atoms with Crippen molar-refractivity contribution in [3.63, 3.8) is 0 Å². The number of rotatable bonds is 5. The number of aryl methyl sites for hydroxylation is 2. The first-order chi connectivity index (χ1) is 18.0. The lowest BCUT2D eigenvalue weighted by molar-refractivity contribution is 0.884. The summed E-state index contributed by atoms with van der Waals surface area (Å²) in [5.74, 6) is 0.506. The molecular weight excluding hydrogens is 478 g/mol. The molecule has 0 atom stereocenters. The summed E-state index contributed by atoms with van der Waals surface area (Å²) >= 11 is 1.33. The number of thiazole rings is 1. The van der Waals surface area contributed by atoms with Crippen molar-refractivity contribution in [1.82, 2.24) is 24.4 Å². The smallest absolute Gasteiger partial charge is 0.266 e. The van der Waals surface area contributed by atoms with Crippen LogP contribution in [0.1, 0.15) is 28.1 Å². The minimum Gasteiger partial charge on any atom is -0.266 e. The van der Waals surface area contributed by atoms with E-state index in [0.717, 1.165) is 39.2 Å². The van der Waals surface area contributed by atoms with Crippen molar-refractivity contribution in [2.75, 3.05) is 0 Å². The Morgan fingerprint density at radius 2 is 1.62 bits per heavy atom. The summed E-state index contributed by atoms with van der Waals surface area (Å²) in [6, 6.07) is 26.2. The largest absolute Gasteiger partial charge is 0.291 e. The van der Waals surface area contributed by atoms with E-state index in [1.54, 1.807) is 0 Å². The molecule has 0 spiro atoms. The van der Waals surface area contributed by atoms with E-state index in [9.17, 15) is 4.79 Å². The first-order valence-electron chi connectivity index (χ1n) is 11.9. The average molecular weight is 502 g/mol. The summed E-state index contributed by atoms with van der Waals surface area (Å²) in [5, 5.41) is 9.35. The second kappa shape index (κ2) is 9.44. The third-order valence-electron chi connectivity index (χ3n) is 6.12. The zero-order valence-corrected chi connectivity index (χ0v) is 21.2. The quantitative estimate of drug-likeness (QED) is 0.320. The first-order valence-corrected chi connectivity index (χ1v) is 12.7. The third kappa shape index (κ3) is 4.52. The Balaban J connectivity index is 1.45. The maximum atomic E-state index is 13.3. The van der Waals surface area contributed by atoms with E-state index >= 15 is 0 Å². The van der Waals surface area contributed by atoms with Crippen molar-refractivity contribution < 1.29 is 0 Å². The van der Waals surface area contributed by atoms with E-state index in [1.165, 1.54) is 15.9 Å². The molecule has 0 saturated carbocycles. The Morgan fingerprint density at radius 1 is 0.865 bits per heavy atom. The molecule has 7 heteroatoms. The van der Waals surface area contributed by atoms with Crippen LogP contribution < -0.4 is 10.1 Å². The van der Waals surface area contributed by atoms with E-state index < -0.39 is 0 Å². The second-order valence-corrected chi connectivity index (χ2v) is 9.86. The van der Waals surface area contributed by atoms with Gasteiger partial charge < -0.3 is 0 Å². The summed E-state index contributed by atoms with van der Waals surface area (Å²) in [5.41, 5.74) is 6.82. The summed E-state index contributed by atoms with van der Waals surface area (Å²) in [6.45, 7) is 4.15. The molecule has 0 radical (unpaired) electrons. The fraction of sp³-hybridized carbons (Fsp3) is 0.0667. The lowest BCUT2D eigenvalue weighted by atomic mass is 10.0. The van der Waals surface area contributed by atoms with Crippen molar-refractivity contribution in [1.29, 1.82) is 0 Å². The van der Waals surface area contributed by atoms with Crippen LogP contribution in [0.3, 0.4) is 0 Å². The maximum Gasteiger partial charge on any atom is 0.291 e. The van der Waals surface area contributed by atoms with Crippen LogP contribution >= 0.6 is 11.3 Å². The zero-order valence-electron chi connectivity index (χ0n) is 20.4. The predicted molar refractivity (Wildman–Crippen MR) is 150 cm³/mol. The molecule has 0 amide bonds. The van der Waals surface area contributed by atoms with Crippen molar-refractivity contribution >= 4 is 34.5 Å². The predicted octanol–water partition coefficient (Wildman–Crippen LogP) is 5.34. The van der Waals surface area contributed by atoms with E-state index in [2.05, 4.69) is 42.1 Å². The summed E-state index contributed by atoms with van der Waals surface area (Å²) in [4.78, 5) is 18.4. The molecule has 6 nitrogen and oxygen atoms in total. The summed E-state index contributed by atoms with van der Waals surface area (Å²) in [6.07, 6.45) is 7.62. The molecule has 37 heavy (non-hydrogen) atoms. The van der Waals surface area contributed by atoms with Crippen molar-refractivity contribution in [2.45, 2.75) is 13.8 Å². The molecule has 0 bridgehead atoms. The highest BCUT2D eigenvalue weighted by molar-refractivity contribution is 7.15. The monoisotopic (exact) mass is 501 g/mol. The van der Waals surface area contributed by atoms with Crippen molar-refractivity contribution in [3.05, 3.63) is 128 Å². The van der Waals surface area contributed by atoms with Crippen molar-refractivity contribution in [3.8, 4) is 16.9 Å². The molecule has 3 heterocycles. The minimum atomic E-state index is -0.189. The number of hydrogen-bond donors (Lipinski definition) is 0. The minimum absolute atomic E-state index is 0.189. The van der Waals surface area contributed by atoms with Gasteiger partial charge in [0.2, 0.25) is 4.96 Å². The fourth-order valence-electron chi connectivity index (χ4n) is 4.20. The van der Waals surface area contributed by atoms with E-state index in [4.69, 9.17) is 5.10 Å². The molecular formula is C30H23N5OS. The van der Waals surface area contributed by atoms with Gasteiger partial charge in [0.1, 0.15) is 5.69 Å². The zero-order chi connectivity index (χ0) is 25.4. The lowest BCUT2D eigenvalue weighted by Crippen LogP contribution is -2.23. The Kier molecular flexibility index (Phi) is 5.82. The number of nitrogens with zero attached hydrogens (tertiary/aromatic N) is 5. The van der Waals surface area contributed by atoms with Gasteiger partial charge >= 0.3 is 0 Å². The van der Waals surface area contributed by atoms with Gasteiger partial charge in [-0.1, -0.05) is 83.6 Å². The van der Waals surface area contributed by atoms with Gasteiger partial charge in [0, 0.05) is 17.3 Å². The molecule has 6 rings (SSSR count). The summed E-state index contributed by atoms with van der Waals surface area (Å²) < 4.78 is 3.80. The number of aromatic nitrogens is 5. The van der Waals surface area contributed by atoms with Crippen LogP contribution in [0, 0.1) is 13.8 Å². The van der Waals surface area contributed by atoms with E-state index in [1.807, 2.05) is 89.8 Å². The molecule has 0 saturated heterocycles. The summed E-state index contributed by atoms with van der Waals surface area (Å²) in [7, 11) is 0. The second-order valence-electron chi connectivity index (χ2n) is 8.86. The standard InChI is InChI=1S/C30H23N5OS/c1-20-13-14-21(2)25(17-20)28-23(19-34(33-28)24-11-7-4-8-12-24)18-26-29(36)35-30(37-26)31-27(32-35)16-15-22-9-5-3-6-10-22/h3-19H,1-2H3. The average Bonchev–Trinajstić information content (AvgIpc) is 3.60. The molecule has 0 unspecified atom stereocenters. The van der Waals surface area contributed by atoms with Crippen LogP contribution in [-0.2, 0) is 0 Å². The van der Waals surface area contributed by atoms with Crippen LogP contribution in [0.2, 0.25) is 0 Å². The molecule has 0 aliphatic carbocycles. The van der Waals surface area contributed by atoms with Gasteiger partial charge in [-0.2, -0.15) is 14.6 Å². The van der Waals surface area contributed by atoms with Gasteiger partial charge in [-0.15, -0.1) is 5.10 Å². The Labute approximate surface area is 217 Å². The molecule has 0 fully saturated rings. The molecule has 180 valence electrons. The van der Waals surface area contributed by atoms with Crippen LogP contribution in [0.5, 0.6) is 0 Å². The van der Waals surface area contributed by atoms with E-state index in [0.29, 0.717) is 15.3 Å². The lowest BCUT2D eigenvalue weighted by Gasteiger charge is -2.05. The number of benzene rings is 3. The van der Waals surface area contributed by atoms with Crippen LogP contribution in [0.25, 0.3) is 40.1 Å². The van der Waals surface area contributed by atoms with Crippen molar-refractivity contribution in [2.24, 2.45) is 0 Å². The molecule has 0 N–H and O–H groups in total. The number of para-hydroxylation sites is 1. The Hall–Kier alpha value is -4.62. The van der Waals surface area contributed by atoms with Gasteiger partial charge in [0.05, 0.1) is 10.2 Å². The third-order valence-corrected chi connectivity index (χ3v) is 7.08. The molecule has 3 aromatic heterocycles. The molecule has 6 aromatic rings.